The van der Waals surface area contributed by atoms with Gasteiger partial charge >= 0.3 is 0 Å². The fourth-order valence-electron chi connectivity index (χ4n) is 2.67. The molecule has 4 rings (SSSR count). The van der Waals surface area contributed by atoms with Gasteiger partial charge in [-0.2, -0.15) is 4.98 Å². The van der Waals surface area contributed by atoms with E-state index in [1.165, 1.54) is 0 Å². The van der Waals surface area contributed by atoms with Crippen LogP contribution in [0.15, 0.2) is 47.2 Å². The topological polar surface area (TPSA) is 98.2 Å². The molecule has 1 N–H and O–H groups in total. The van der Waals surface area contributed by atoms with Crippen LogP contribution in [0.1, 0.15) is 27.6 Å². The molecule has 4 aromatic rings. The Morgan fingerprint density at radius 3 is 2.92 bits per heavy atom. The number of nitrogens with one attached hydrogen (secondary N) is 1. The predicted molar refractivity (Wildman–Crippen MR) is 93.4 cm³/mol. The first kappa shape index (κ1) is 15.9. The second-order valence-electron chi connectivity index (χ2n) is 5.90. The number of hydrogen-bond acceptors (Lipinski definition) is 6. The van der Waals surface area contributed by atoms with Gasteiger partial charge in [-0.05, 0) is 49.7 Å². The van der Waals surface area contributed by atoms with Crippen molar-refractivity contribution in [3.63, 3.8) is 0 Å². The molecular formula is C18H16N6O2. The van der Waals surface area contributed by atoms with Crippen molar-refractivity contribution < 1.29 is 9.21 Å². The molecule has 8 heteroatoms. The van der Waals surface area contributed by atoms with Crippen LogP contribution in [0.4, 0.5) is 0 Å². The first-order valence-corrected chi connectivity index (χ1v) is 8.08. The maximum Gasteiger partial charge on any atom is 0.291 e. The summed E-state index contributed by atoms with van der Waals surface area (Å²) in [4.78, 5) is 25.2. The van der Waals surface area contributed by atoms with E-state index in [0.29, 0.717) is 23.8 Å². The number of fused-ring (bicyclic) bond motifs is 1. The smallest absolute Gasteiger partial charge is 0.291 e. The maximum absolute atomic E-state index is 12.4. The molecule has 130 valence electrons. The van der Waals surface area contributed by atoms with Crippen LogP contribution in [0.3, 0.4) is 0 Å². The standard InChI is InChI=1S/C18H16N6O2/c1-11-8-12(2)24-18(21-11)22-16(23-24)17(25)20-10-13-5-6-19-14(9-13)15-4-3-7-26-15/h3-9H,10H2,1-2H3,(H,20,25). The fourth-order valence-corrected chi connectivity index (χ4v) is 2.67. The molecule has 0 aliphatic carbocycles. The molecule has 4 aromatic heterocycles. The summed E-state index contributed by atoms with van der Waals surface area (Å²) >= 11 is 0. The number of furan rings is 1. The van der Waals surface area contributed by atoms with Crippen LogP contribution in [-0.4, -0.2) is 30.5 Å². The van der Waals surface area contributed by atoms with E-state index in [0.717, 1.165) is 17.0 Å². The number of nitrogens with zero attached hydrogens (tertiary/aromatic N) is 5. The third-order valence-electron chi connectivity index (χ3n) is 3.87. The lowest BCUT2D eigenvalue weighted by Gasteiger charge is -2.04. The number of aromatic nitrogens is 5. The zero-order chi connectivity index (χ0) is 18.1. The summed E-state index contributed by atoms with van der Waals surface area (Å²) in [6.45, 7) is 4.10. The Morgan fingerprint density at radius 2 is 2.12 bits per heavy atom. The van der Waals surface area contributed by atoms with Gasteiger partial charge in [0.15, 0.2) is 5.76 Å². The van der Waals surface area contributed by atoms with Gasteiger partial charge in [-0.15, -0.1) is 5.10 Å². The number of carbonyl (C=O) groups is 1. The number of rotatable bonds is 4. The molecule has 0 spiro atoms. The van der Waals surface area contributed by atoms with Gasteiger partial charge in [0.05, 0.1) is 6.26 Å². The van der Waals surface area contributed by atoms with Gasteiger partial charge in [0.2, 0.25) is 5.82 Å². The largest absolute Gasteiger partial charge is 0.463 e. The van der Waals surface area contributed by atoms with Crippen molar-refractivity contribution in [3.8, 4) is 11.5 Å². The molecule has 0 atom stereocenters. The van der Waals surface area contributed by atoms with Crippen LogP contribution in [0.25, 0.3) is 17.2 Å². The Bertz CT molecular complexity index is 1080. The molecule has 0 aliphatic rings. The Balaban J connectivity index is 1.51. The van der Waals surface area contributed by atoms with Crippen molar-refractivity contribution in [3.05, 3.63) is 65.6 Å². The predicted octanol–water partition coefficient (Wildman–Crippen LogP) is 2.33. The van der Waals surface area contributed by atoms with E-state index >= 15 is 0 Å². The Morgan fingerprint density at radius 1 is 1.23 bits per heavy atom. The van der Waals surface area contributed by atoms with Gasteiger partial charge in [0.1, 0.15) is 5.69 Å². The molecule has 4 heterocycles. The molecule has 8 nitrogen and oxygen atoms in total. The number of pyridine rings is 1. The average Bonchev–Trinajstić information content (AvgIpc) is 3.29. The molecule has 0 radical (unpaired) electrons. The van der Waals surface area contributed by atoms with Crippen molar-refractivity contribution in [1.82, 2.24) is 29.9 Å². The first-order chi connectivity index (χ1) is 12.6. The maximum atomic E-state index is 12.4. The SMILES string of the molecule is Cc1cc(C)n2nc(C(=O)NCc3ccnc(-c4ccco4)c3)nc2n1. The van der Waals surface area contributed by atoms with Crippen molar-refractivity contribution in [2.45, 2.75) is 20.4 Å². The van der Waals surface area contributed by atoms with E-state index in [9.17, 15) is 4.79 Å². The molecule has 0 fully saturated rings. The average molecular weight is 348 g/mol. The minimum absolute atomic E-state index is 0.0894. The normalized spacial score (nSPS) is 11.0. The third-order valence-corrected chi connectivity index (χ3v) is 3.87. The molecule has 26 heavy (non-hydrogen) atoms. The highest BCUT2D eigenvalue weighted by atomic mass is 16.3. The van der Waals surface area contributed by atoms with Gasteiger partial charge in [-0.3, -0.25) is 9.78 Å². The minimum atomic E-state index is -0.357. The van der Waals surface area contributed by atoms with Crippen molar-refractivity contribution in [2.24, 2.45) is 0 Å². The zero-order valence-electron chi connectivity index (χ0n) is 14.3. The second-order valence-corrected chi connectivity index (χ2v) is 5.90. The van der Waals surface area contributed by atoms with E-state index in [4.69, 9.17) is 4.42 Å². The summed E-state index contributed by atoms with van der Waals surface area (Å²) < 4.78 is 6.90. The van der Waals surface area contributed by atoms with Gasteiger partial charge in [0, 0.05) is 24.1 Å². The Hall–Kier alpha value is -3.55. The summed E-state index contributed by atoms with van der Waals surface area (Å²) in [5, 5.41) is 7.05. The van der Waals surface area contributed by atoms with E-state index in [-0.39, 0.29) is 11.7 Å². The molecule has 0 saturated heterocycles. The highest BCUT2D eigenvalue weighted by Gasteiger charge is 2.15. The number of carbonyl (C=O) groups excluding carboxylic acids is 1. The lowest BCUT2D eigenvalue weighted by Crippen LogP contribution is -2.24. The Kier molecular flexibility index (Phi) is 3.92. The molecule has 0 aromatic carbocycles. The molecule has 0 aliphatic heterocycles. The van der Waals surface area contributed by atoms with Crippen LogP contribution >= 0.6 is 0 Å². The van der Waals surface area contributed by atoms with Gasteiger partial charge < -0.3 is 9.73 Å². The van der Waals surface area contributed by atoms with Crippen LogP contribution < -0.4 is 5.32 Å². The summed E-state index contributed by atoms with van der Waals surface area (Å²) in [6, 6.07) is 9.22. The molecule has 0 unspecified atom stereocenters. The number of amides is 1. The lowest BCUT2D eigenvalue weighted by atomic mass is 10.2. The van der Waals surface area contributed by atoms with Crippen LogP contribution in [0.5, 0.6) is 0 Å². The van der Waals surface area contributed by atoms with Crippen LogP contribution in [0, 0.1) is 13.8 Å². The number of hydrogen-bond donors (Lipinski definition) is 1. The van der Waals surface area contributed by atoms with E-state index in [1.807, 2.05) is 38.1 Å². The monoisotopic (exact) mass is 348 g/mol. The molecule has 0 bridgehead atoms. The first-order valence-electron chi connectivity index (χ1n) is 8.08. The van der Waals surface area contributed by atoms with Gasteiger partial charge in [-0.25, -0.2) is 9.50 Å². The van der Waals surface area contributed by atoms with Gasteiger partial charge in [-0.1, -0.05) is 0 Å². The van der Waals surface area contributed by atoms with Gasteiger partial charge in [0.25, 0.3) is 11.7 Å². The number of aryl methyl sites for hydroxylation is 2. The molecular weight excluding hydrogens is 332 g/mol. The lowest BCUT2D eigenvalue weighted by molar-refractivity contribution is 0.0940. The van der Waals surface area contributed by atoms with E-state index in [2.05, 4.69) is 25.4 Å². The quantitative estimate of drug-likeness (QED) is 0.608. The Labute approximate surface area is 148 Å². The van der Waals surface area contributed by atoms with Crippen LogP contribution in [0.2, 0.25) is 0 Å². The third kappa shape index (κ3) is 3.04. The highest BCUT2D eigenvalue weighted by Crippen LogP contribution is 2.18. The van der Waals surface area contributed by atoms with Crippen molar-refractivity contribution >= 4 is 11.7 Å². The second kappa shape index (κ2) is 6.40. The summed E-state index contributed by atoms with van der Waals surface area (Å²) in [7, 11) is 0. The van der Waals surface area contributed by atoms with Crippen molar-refractivity contribution in [1.29, 1.82) is 0 Å². The minimum Gasteiger partial charge on any atom is -0.463 e. The van der Waals surface area contributed by atoms with Crippen molar-refractivity contribution in [2.75, 3.05) is 0 Å². The fraction of sp³-hybridized carbons (Fsp3) is 0.167. The summed E-state index contributed by atoms with van der Waals surface area (Å²) in [5.41, 5.74) is 3.31. The molecule has 0 saturated carbocycles. The molecule has 1 amide bonds. The summed E-state index contributed by atoms with van der Waals surface area (Å²) in [5.74, 6) is 0.823. The van der Waals surface area contributed by atoms with Crippen LogP contribution in [-0.2, 0) is 6.54 Å². The van der Waals surface area contributed by atoms with E-state index < -0.39 is 0 Å². The van der Waals surface area contributed by atoms with E-state index in [1.54, 1.807) is 23.0 Å². The highest BCUT2D eigenvalue weighted by molar-refractivity contribution is 5.90. The summed E-state index contributed by atoms with van der Waals surface area (Å²) in [6.07, 6.45) is 3.27. The zero-order valence-corrected chi connectivity index (χ0v) is 14.3.